The maximum Gasteiger partial charge on any atom is 0.277 e. The van der Waals surface area contributed by atoms with E-state index in [1.54, 1.807) is 42.4 Å². The number of fused-ring (bicyclic) bond motifs is 2. The van der Waals surface area contributed by atoms with Crippen LogP contribution in [0.5, 0.6) is 0 Å². The van der Waals surface area contributed by atoms with Gasteiger partial charge >= 0.3 is 0 Å². The Bertz CT molecular complexity index is 2000. The molecule has 0 aliphatic carbocycles. The molecule has 0 bridgehead atoms. The molecule has 4 aromatic carbocycles. The van der Waals surface area contributed by atoms with E-state index >= 15 is 0 Å². The fraction of sp³-hybridized carbons (Fsp3) is 0.125. The second-order valence-corrected chi connectivity index (χ2v) is 9.71. The van der Waals surface area contributed by atoms with Gasteiger partial charge in [-0.3, -0.25) is 19.5 Å². The minimum atomic E-state index is -0.397. The van der Waals surface area contributed by atoms with Crippen LogP contribution in [0.3, 0.4) is 0 Å². The average Bonchev–Trinajstić information content (AvgIpc) is 3.40. The topological polar surface area (TPSA) is 102 Å². The first-order valence-electron chi connectivity index (χ1n) is 13.2. The molecule has 10 heteroatoms. The van der Waals surface area contributed by atoms with Crippen LogP contribution in [0.2, 0.25) is 0 Å². The summed E-state index contributed by atoms with van der Waals surface area (Å²) in [6.07, 6.45) is 0. The molecule has 1 amide bonds. The molecule has 2 heterocycles. The third-order valence-corrected chi connectivity index (χ3v) is 7.19. The highest BCUT2D eigenvalue weighted by Crippen LogP contribution is 2.41. The summed E-state index contributed by atoms with van der Waals surface area (Å²) in [6, 6.07) is 24.3. The van der Waals surface area contributed by atoms with Crippen molar-refractivity contribution in [2.45, 2.75) is 6.54 Å². The van der Waals surface area contributed by atoms with Crippen LogP contribution in [0.25, 0.3) is 44.3 Å². The smallest absolute Gasteiger partial charge is 0.277 e. The second kappa shape index (κ2) is 10.9. The Morgan fingerprint density at radius 2 is 1.74 bits per heavy atom. The Kier molecular flexibility index (Phi) is 6.97. The van der Waals surface area contributed by atoms with E-state index in [1.807, 2.05) is 42.5 Å². The van der Waals surface area contributed by atoms with Crippen molar-refractivity contribution >= 4 is 33.5 Å². The lowest BCUT2D eigenvalue weighted by molar-refractivity contribution is 0.0964. The van der Waals surface area contributed by atoms with Crippen molar-refractivity contribution in [1.82, 2.24) is 20.3 Å². The third kappa shape index (κ3) is 4.77. The Labute approximate surface area is 239 Å². The first kappa shape index (κ1) is 26.9. The standard InChI is InChI=1S/C32H26FN5O4/c1-34-31(39)29-25-16-23(27(37(2)41-3)17-28(25)42-30(29)20-9-12-22(33)13-10-20)21-11-14-26-24(15-21)32(40)38(36-35-26)18-19-7-5-4-6-8-19/h4-17H,18H2,1-3H3,(H,34,39). The van der Waals surface area contributed by atoms with Gasteiger partial charge < -0.3 is 9.73 Å². The number of nitrogens with zero attached hydrogens (tertiary/aromatic N) is 4. The molecule has 0 spiro atoms. The van der Waals surface area contributed by atoms with Gasteiger partial charge in [-0.05, 0) is 53.6 Å². The van der Waals surface area contributed by atoms with Crippen molar-refractivity contribution in [2.75, 3.05) is 26.3 Å². The van der Waals surface area contributed by atoms with Crippen molar-refractivity contribution in [3.8, 4) is 22.5 Å². The highest BCUT2D eigenvalue weighted by Gasteiger charge is 2.24. The molecule has 2 aromatic heterocycles. The summed E-state index contributed by atoms with van der Waals surface area (Å²) in [5.41, 5.74) is 4.44. The van der Waals surface area contributed by atoms with Crippen LogP contribution in [0.4, 0.5) is 10.1 Å². The number of carbonyl (C=O) groups excluding carboxylic acids is 1. The number of hydrogen-bond donors (Lipinski definition) is 1. The van der Waals surface area contributed by atoms with Gasteiger partial charge in [0.1, 0.15) is 22.7 Å². The van der Waals surface area contributed by atoms with Crippen molar-refractivity contribution in [2.24, 2.45) is 0 Å². The number of anilines is 1. The van der Waals surface area contributed by atoms with Gasteiger partial charge in [0.25, 0.3) is 11.5 Å². The molecular weight excluding hydrogens is 537 g/mol. The number of rotatable bonds is 7. The molecular formula is C32H26FN5O4. The summed E-state index contributed by atoms with van der Waals surface area (Å²) in [7, 11) is 4.82. The minimum Gasteiger partial charge on any atom is -0.455 e. The molecule has 0 atom stereocenters. The maximum atomic E-state index is 13.7. The van der Waals surface area contributed by atoms with Crippen molar-refractivity contribution < 1.29 is 18.4 Å². The number of nitrogens with one attached hydrogen (secondary N) is 1. The normalized spacial score (nSPS) is 11.2. The Morgan fingerprint density at radius 3 is 2.45 bits per heavy atom. The molecule has 0 aliphatic heterocycles. The van der Waals surface area contributed by atoms with Gasteiger partial charge in [0.2, 0.25) is 0 Å². The van der Waals surface area contributed by atoms with E-state index < -0.39 is 5.82 Å². The molecule has 6 aromatic rings. The molecule has 0 aliphatic rings. The van der Waals surface area contributed by atoms with E-state index in [0.717, 1.165) is 5.56 Å². The van der Waals surface area contributed by atoms with Crippen molar-refractivity contribution in [3.63, 3.8) is 0 Å². The number of carbonyl (C=O) groups is 1. The molecule has 0 saturated heterocycles. The number of furan rings is 1. The van der Waals surface area contributed by atoms with Gasteiger partial charge in [-0.2, -0.15) is 0 Å². The zero-order valence-electron chi connectivity index (χ0n) is 23.1. The number of halogens is 1. The van der Waals surface area contributed by atoms with Crippen LogP contribution in [0, 0.1) is 5.82 Å². The molecule has 6 rings (SSSR count). The van der Waals surface area contributed by atoms with Gasteiger partial charge in [-0.1, -0.05) is 41.6 Å². The summed E-state index contributed by atoms with van der Waals surface area (Å²) in [6.45, 7) is 0.285. The van der Waals surface area contributed by atoms with E-state index in [0.29, 0.717) is 55.6 Å². The number of amides is 1. The Balaban J connectivity index is 1.56. The molecule has 0 fully saturated rings. The summed E-state index contributed by atoms with van der Waals surface area (Å²) in [5, 5.41) is 13.6. The lowest BCUT2D eigenvalue weighted by atomic mass is 9.97. The van der Waals surface area contributed by atoms with Crippen LogP contribution in [0.1, 0.15) is 15.9 Å². The zero-order valence-corrected chi connectivity index (χ0v) is 23.1. The van der Waals surface area contributed by atoms with Crippen molar-refractivity contribution in [3.05, 3.63) is 112 Å². The van der Waals surface area contributed by atoms with Gasteiger partial charge in [-0.25, -0.2) is 9.07 Å². The number of hydrogen-bond acceptors (Lipinski definition) is 7. The number of aromatic nitrogens is 3. The fourth-order valence-corrected chi connectivity index (χ4v) is 4.98. The summed E-state index contributed by atoms with van der Waals surface area (Å²) in [5.74, 6) is -0.443. The fourth-order valence-electron chi connectivity index (χ4n) is 4.98. The summed E-state index contributed by atoms with van der Waals surface area (Å²) in [4.78, 5) is 32.2. The SMILES string of the molecule is CNC(=O)c1c(-c2ccc(F)cc2)oc2cc(N(C)OC)c(-c3ccc4nnn(Cc5ccccc5)c(=O)c4c3)cc12. The highest BCUT2D eigenvalue weighted by atomic mass is 19.1. The van der Waals surface area contributed by atoms with E-state index in [9.17, 15) is 14.0 Å². The quantitative estimate of drug-likeness (QED) is 0.259. The van der Waals surface area contributed by atoms with Crippen molar-refractivity contribution in [1.29, 1.82) is 0 Å². The van der Waals surface area contributed by atoms with E-state index in [2.05, 4.69) is 15.6 Å². The molecule has 1 N–H and O–H groups in total. The second-order valence-electron chi connectivity index (χ2n) is 9.71. The molecule has 210 valence electrons. The Hall–Kier alpha value is -5.35. The minimum absolute atomic E-state index is 0.276. The zero-order chi connectivity index (χ0) is 29.4. The highest BCUT2D eigenvalue weighted by molar-refractivity contribution is 6.13. The molecule has 42 heavy (non-hydrogen) atoms. The third-order valence-electron chi connectivity index (χ3n) is 7.19. The van der Waals surface area contributed by atoms with E-state index in [-0.39, 0.29) is 18.0 Å². The van der Waals surface area contributed by atoms with Gasteiger partial charge in [0, 0.05) is 36.7 Å². The van der Waals surface area contributed by atoms with Gasteiger partial charge in [0.15, 0.2) is 0 Å². The number of hydroxylamine groups is 1. The van der Waals surface area contributed by atoms with Crippen LogP contribution in [0.15, 0.2) is 94.1 Å². The molecule has 0 radical (unpaired) electrons. The maximum absolute atomic E-state index is 13.7. The van der Waals surface area contributed by atoms with Crippen LogP contribution in [-0.4, -0.2) is 42.1 Å². The summed E-state index contributed by atoms with van der Waals surface area (Å²) >= 11 is 0. The average molecular weight is 564 g/mol. The summed E-state index contributed by atoms with van der Waals surface area (Å²) < 4.78 is 21.2. The van der Waals surface area contributed by atoms with Gasteiger partial charge in [0.05, 0.1) is 30.3 Å². The molecule has 0 unspecified atom stereocenters. The van der Waals surface area contributed by atoms with Crippen LogP contribution in [-0.2, 0) is 11.4 Å². The Morgan fingerprint density at radius 1 is 1.00 bits per heavy atom. The van der Waals surface area contributed by atoms with E-state index in [4.69, 9.17) is 9.25 Å². The lowest BCUT2D eigenvalue weighted by Crippen LogP contribution is -2.24. The molecule has 9 nitrogen and oxygen atoms in total. The lowest BCUT2D eigenvalue weighted by Gasteiger charge is -2.20. The van der Waals surface area contributed by atoms with Gasteiger partial charge in [-0.15, -0.1) is 5.10 Å². The first-order chi connectivity index (χ1) is 20.4. The predicted octanol–water partition coefficient (Wildman–Crippen LogP) is 5.42. The molecule has 0 saturated carbocycles. The largest absolute Gasteiger partial charge is 0.455 e. The van der Waals surface area contributed by atoms with Crippen LogP contribution >= 0.6 is 0 Å². The number of benzene rings is 4. The monoisotopic (exact) mass is 563 g/mol. The van der Waals surface area contributed by atoms with Crippen LogP contribution < -0.4 is 15.9 Å². The van der Waals surface area contributed by atoms with E-state index in [1.165, 1.54) is 31.0 Å². The predicted molar refractivity (Wildman–Crippen MR) is 159 cm³/mol. The first-order valence-corrected chi connectivity index (χ1v) is 13.2.